The number of carbonyl (C=O) groups is 2. The second-order valence-corrected chi connectivity index (χ2v) is 6.00. The van der Waals surface area contributed by atoms with Crippen LogP contribution in [0.5, 0.6) is 0 Å². The maximum atomic E-state index is 12.1. The summed E-state index contributed by atoms with van der Waals surface area (Å²) < 4.78 is 0. The zero-order valence-electron chi connectivity index (χ0n) is 11.9. The molecule has 0 bridgehead atoms. The molecule has 1 heterocycles. The Kier molecular flexibility index (Phi) is 5.04. The van der Waals surface area contributed by atoms with Crippen LogP contribution in [-0.2, 0) is 4.79 Å². The second kappa shape index (κ2) is 6.77. The van der Waals surface area contributed by atoms with E-state index >= 15 is 0 Å². The number of amides is 2. The number of urea groups is 1. The van der Waals surface area contributed by atoms with Crippen LogP contribution in [-0.4, -0.2) is 41.6 Å². The van der Waals surface area contributed by atoms with E-state index in [0.29, 0.717) is 13.1 Å². The van der Waals surface area contributed by atoms with E-state index in [1.165, 1.54) is 6.42 Å². The van der Waals surface area contributed by atoms with Gasteiger partial charge in [-0.1, -0.05) is 31.4 Å². The molecular weight excluding hydrogens is 256 g/mol. The van der Waals surface area contributed by atoms with Crippen molar-refractivity contribution in [3.8, 4) is 0 Å². The summed E-state index contributed by atoms with van der Waals surface area (Å²) in [6.45, 7) is 1.88. The van der Waals surface area contributed by atoms with E-state index in [1.807, 2.05) is 6.08 Å². The lowest BCUT2D eigenvalue weighted by Crippen LogP contribution is -2.47. The van der Waals surface area contributed by atoms with Crippen LogP contribution in [0.4, 0.5) is 4.79 Å². The van der Waals surface area contributed by atoms with Gasteiger partial charge >= 0.3 is 12.0 Å². The summed E-state index contributed by atoms with van der Waals surface area (Å²) >= 11 is 0. The molecule has 0 saturated heterocycles. The van der Waals surface area contributed by atoms with Crippen molar-refractivity contribution in [1.29, 1.82) is 0 Å². The molecule has 1 fully saturated rings. The Bertz CT molecular complexity index is 387. The summed E-state index contributed by atoms with van der Waals surface area (Å²) in [4.78, 5) is 25.0. The van der Waals surface area contributed by atoms with Crippen LogP contribution in [0, 0.1) is 5.41 Å². The van der Waals surface area contributed by atoms with Crippen LogP contribution in [0.3, 0.4) is 0 Å². The Balaban J connectivity index is 1.89. The van der Waals surface area contributed by atoms with Gasteiger partial charge in [0.25, 0.3) is 0 Å². The highest BCUT2D eigenvalue weighted by molar-refractivity contribution is 5.74. The summed E-state index contributed by atoms with van der Waals surface area (Å²) in [7, 11) is 0. The number of nitrogens with one attached hydrogen (secondary N) is 1. The molecule has 2 N–H and O–H groups in total. The van der Waals surface area contributed by atoms with Crippen molar-refractivity contribution in [2.45, 2.75) is 44.9 Å². The zero-order valence-corrected chi connectivity index (χ0v) is 11.9. The Hall–Kier alpha value is -1.52. The largest absolute Gasteiger partial charge is 0.481 e. The van der Waals surface area contributed by atoms with Gasteiger partial charge in [0.15, 0.2) is 0 Å². The molecule has 2 rings (SSSR count). The lowest BCUT2D eigenvalue weighted by atomic mass is 9.72. The van der Waals surface area contributed by atoms with Gasteiger partial charge in [-0.15, -0.1) is 0 Å². The lowest BCUT2D eigenvalue weighted by molar-refractivity contribution is -0.140. The minimum Gasteiger partial charge on any atom is -0.481 e. The van der Waals surface area contributed by atoms with Crippen molar-refractivity contribution in [3.05, 3.63) is 12.2 Å². The molecule has 2 amide bonds. The summed E-state index contributed by atoms with van der Waals surface area (Å²) in [5, 5.41) is 12.1. The number of hydrogen-bond donors (Lipinski definition) is 2. The van der Waals surface area contributed by atoms with Gasteiger partial charge in [-0.2, -0.15) is 0 Å². The number of carboxylic acids is 1. The molecule has 1 saturated carbocycles. The fourth-order valence-corrected chi connectivity index (χ4v) is 3.24. The Morgan fingerprint density at radius 1 is 1.20 bits per heavy atom. The lowest BCUT2D eigenvalue weighted by Gasteiger charge is -2.37. The minimum absolute atomic E-state index is 0.0651. The van der Waals surface area contributed by atoms with Crippen molar-refractivity contribution >= 4 is 12.0 Å². The third kappa shape index (κ3) is 3.99. The third-order valence-electron chi connectivity index (χ3n) is 4.40. The van der Waals surface area contributed by atoms with E-state index < -0.39 is 5.97 Å². The first-order valence-electron chi connectivity index (χ1n) is 7.51. The van der Waals surface area contributed by atoms with E-state index in [0.717, 1.165) is 38.6 Å². The van der Waals surface area contributed by atoms with E-state index in [9.17, 15) is 9.59 Å². The van der Waals surface area contributed by atoms with Gasteiger partial charge in [0, 0.05) is 19.6 Å². The molecular formula is C15H24N2O3. The summed E-state index contributed by atoms with van der Waals surface area (Å²) in [6.07, 6.45) is 10.2. The Morgan fingerprint density at radius 3 is 2.55 bits per heavy atom. The Labute approximate surface area is 120 Å². The van der Waals surface area contributed by atoms with Crippen LogP contribution < -0.4 is 5.32 Å². The predicted molar refractivity (Wildman–Crippen MR) is 76.5 cm³/mol. The fourth-order valence-electron chi connectivity index (χ4n) is 3.24. The minimum atomic E-state index is -0.762. The molecule has 0 atom stereocenters. The van der Waals surface area contributed by atoms with Crippen LogP contribution in [0.2, 0.25) is 0 Å². The normalized spacial score (nSPS) is 21.5. The maximum Gasteiger partial charge on any atom is 0.317 e. The highest BCUT2D eigenvalue weighted by Gasteiger charge is 2.35. The number of rotatable bonds is 4. The smallest absolute Gasteiger partial charge is 0.317 e. The zero-order chi connectivity index (χ0) is 14.4. The molecule has 5 nitrogen and oxygen atoms in total. The molecule has 2 aliphatic rings. The van der Waals surface area contributed by atoms with Gasteiger partial charge in [-0.25, -0.2) is 4.79 Å². The highest BCUT2D eigenvalue weighted by atomic mass is 16.4. The van der Waals surface area contributed by atoms with Crippen molar-refractivity contribution in [1.82, 2.24) is 10.2 Å². The molecule has 1 aliphatic heterocycles. The van der Waals surface area contributed by atoms with Crippen LogP contribution in [0.25, 0.3) is 0 Å². The molecule has 0 aromatic rings. The number of hydrogen-bond acceptors (Lipinski definition) is 2. The topological polar surface area (TPSA) is 69.6 Å². The first-order chi connectivity index (χ1) is 9.61. The van der Waals surface area contributed by atoms with Gasteiger partial charge in [0.2, 0.25) is 0 Å². The van der Waals surface area contributed by atoms with Crippen molar-refractivity contribution in [2.75, 3.05) is 19.6 Å². The van der Waals surface area contributed by atoms with Crippen molar-refractivity contribution < 1.29 is 14.7 Å². The molecule has 20 heavy (non-hydrogen) atoms. The molecule has 0 unspecified atom stereocenters. The van der Waals surface area contributed by atoms with Gasteiger partial charge in [0.05, 0.1) is 6.42 Å². The number of aliphatic carboxylic acids is 1. The average Bonchev–Trinajstić information content (AvgIpc) is 2.46. The van der Waals surface area contributed by atoms with Crippen LogP contribution in [0.15, 0.2) is 12.2 Å². The molecule has 112 valence electrons. The predicted octanol–water partition coefficient (Wildman–Crippen LogP) is 2.38. The van der Waals surface area contributed by atoms with E-state index in [-0.39, 0.29) is 17.9 Å². The van der Waals surface area contributed by atoms with E-state index in [1.54, 1.807) is 4.90 Å². The highest BCUT2D eigenvalue weighted by Crippen LogP contribution is 2.38. The molecule has 0 spiro atoms. The standard InChI is InChI=1S/C15H24N2O3/c18-13(19)11-15(7-3-1-4-8-15)12-16-14(20)17-9-5-2-6-10-17/h2,5H,1,3-4,6-12H2,(H,16,20)(H,18,19). The van der Waals surface area contributed by atoms with Crippen molar-refractivity contribution in [3.63, 3.8) is 0 Å². The second-order valence-electron chi connectivity index (χ2n) is 6.00. The summed E-state index contributed by atoms with van der Waals surface area (Å²) in [5.41, 5.74) is -0.245. The molecule has 0 radical (unpaired) electrons. The molecule has 5 heteroatoms. The maximum absolute atomic E-state index is 12.1. The van der Waals surface area contributed by atoms with Crippen LogP contribution in [0.1, 0.15) is 44.9 Å². The third-order valence-corrected chi connectivity index (χ3v) is 4.40. The van der Waals surface area contributed by atoms with Gasteiger partial charge in [-0.05, 0) is 24.7 Å². The number of carboxylic acid groups (broad SMARTS) is 1. The first-order valence-corrected chi connectivity index (χ1v) is 7.51. The molecule has 0 aromatic heterocycles. The van der Waals surface area contributed by atoms with Gasteiger partial charge in [-0.3, -0.25) is 4.79 Å². The fraction of sp³-hybridized carbons (Fsp3) is 0.733. The van der Waals surface area contributed by atoms with E-state index in [2.05, 4.69) is 11.4 Å². The first kappa shape index (κ1) is 14.9. The number of nitrogens with zero attached hydrogens (tertiary/aromatic N) is 1. The molecule has 1 aliphatic carbocycles. The summed E-state index contributed by atoms with van der Waals surface area (Å²) in [6, 6.07) is -0.0651. The number of carbonyl (C=O) groups excluding carboxylic acids is 1. The van der Waals surface area contributed by atoms with Gasteiger partial charge < -0.3 is 15.3 Å². The van der Waals surface area contributed by atoms with Gasteiger partial charge in [0.1, 0.15) is 0 Å². The monoisotopic (exact) mass is 280 g/mol. The van der Waals surface area contributed by atoms with Crippen molar-refractivity contribution in [2.24, 2.45) is 5.41 Å². The quantitative estimate of drug-likeness (QED) is 0.777. The average molecular weight is 280 g/mol. The SMILES string of the molecule is O=C(O)CC1(CNC(=O)N2CC=CCC2)CCCCC1. The molecule has 0 aromatic carbocycles. The van der Waals surface area contributed by atoms with E-state index in [4.69, 9.17) is 5.11 Å². The summed E-state index contributed by atoms with van der Waals surface area (Å²) in [5.74, 6) is -0.762. The van der Waals surface area contributed by atoms with Crippen LogP contribution >= 0.6 is 0 Å². The Morgan fingerprint density at radius 2 is 1.95 bits per heavy atom.